The quantitative estimate of drug-likeness (QED) is 0.473. The SMILES string of the molecule is CCc1ccc(N(CC(=O)NCCOc2ccc(C)cc2)S(=O)(=O)c2ccccc2)cc1. The van der Waals surface area contributed by atoms with Gasteiger partial charge >= 0.3 is 0 Å². The van der Waals surface area contributed by atoms with Crippen LogP contribution in [0.2, 0.25) is 0 Å². The summed E-state index contributed by atoms with van der Waals surface area (Å²) in [4.78, 5) is 12.7. The molecule has 1 amide bonds. The lowest BCUT2D eigenvalue weighted by atomic mass is 10.1. The summed E-state index contributed by atoms with van der Waals surface area (Å²) in [5.41, 5.74) is 2.66. The normalized spacial score (nSPS) is 11.1. The molecule has 7 heteroatoms. The van der Waals surface area contributed by atoms with Crippen LogP contribution in [0.1, 0.15) is 18.1 Å². The first-order valence-electron chi connectivity index (χ1n) is 10.5. The van der Waals surface area contributed by atoms with Crippen molar-refractivity contribution in [3.63, 3.8) is 0 Å². The van der Waals surface area contributed by atoms with Gasteiger partial charge in [0.25, 0.3) is 10.0 Å². The first-order chi connectivity index (χ1) is 15.4. The van der Waals surface area contributed by atoms with E-state index in [4.69, 9.17) is 4.74 Å². The van der Waals surface area contributed by atoms with Crippen LogP contribution in [0.3, 0.4) is 0 Å². The van der Waals surface area contributed by atoms with Crippen molar-refractivity contribution in [2.75, 3.05) is 24.0 Å². The maximum absolute atomic E-state index is 13.3. The summed E-state index contributed by atoms with van der Waals surface area (Å²) < 4.78 is 33.3. The number of hydrogen-bond acceptors (Lipinski definition) is 4. The number of rotatable bonds is 10. The van der Waals surface area contributed by atoms with Crippen LogP contribution in [-0.4, -0.2) is 34.0 Å². The zero-order valence-electron chi connectivity index (χ0n) is 18.3. The number of aryl methyl sites for hydroxylation is 2. The fourth-order valence-corrected chi connectivity index (χ4v) is 4.55. The monoisotopic (exact) mass is 452 g/mol. The topological polar surface area (TPSA) is 75.7 Å². The highest BCUT2D eigenvalue weighted by Crippen LogP contribution is 2.24. The molecule has 6 nitrogen and oxygen atoms in total. The molecular formula is C25H28N2O4S. The lowest BCUT2D eigenvalue weighted by Gasteiger charge is -2.24. The van der Waals surface area contributed by atoms with E-state index in [2.05, 4.69) is 5.32 Å². The summed E-state index contributed by atoms with van der Waals surface area (Å²) in [6.45, 7) is 4.24. The van der Waals surface area contributed by atoms with Crippen LogP contribution in [0, 0.1) is 6.92 Å². The molecule has 0 heterocycles. The first kappa shape index (κ1) is 23.3. The maximum Gasteiger partial charge on any atom is 0.264 e. The van der Waals surface area contributed by atoms with E-state index in [0.29, 0.717) is 11.4 Å². The van der Waals surface area contributed by atoms with Gasteiger partial charge in [0.05, 0.1) is 17.1 Å². The van der Waals surface area contributed by atoms with Crippen LogP contribution in [0.5, 0.6) is 5.75 Å². The molecule has 0 bridgehead atoms. The van der Waals surface area contributed by atoms with E-state index in [9.17, 15) is 13.2 Å². The Labute approximate surface area is 189 Å². The van der Waals surface area contributed by atoms with Gasteiger partial charge in [0, 0.05) is 0 Å². The molecule has 3 aromatic carbocycles. The number of hydrogen-bond donors (Lipinski definition) is 1. The van der Waals surface area contributed by atoms with Crippen molar-refractivity contribution in [1.82, 2.24) is 5.32 Å². The third-order valence-electron chi connectivity index (χ3n) is 4.96. The lowest BCUT2D eigenvalue weighted by molar-refractivity contribution is -0.119. The summed E-state index contributed by atoms with van der Waals surface area (Å²) in [7, 11) is -3.91. The van der Waals surface area contributed by atoms with E-state index in [1.54, 1.807) is 30.3 Å². The fourth-order valence-electron chi connectivity index (χ4n) is 3.11. The zero-order chi connectivity index (χ0) is 23.0. The maximum atomic E-state index is 13.3. The smallest absolute Gasteiger partial charge is 0.264 e. The summed E-state index contributed by atoms with van der Waals surface area (Å²) in [5, 5.41) is 2.74. The molecule has 0 aromatic heterocycles. The molecule has 0 radical (unpaired) electrons. The number of carbonyl (C=O) groups is 1. The van der Waals surface area contributed by atoms with Gasteiger partial charge in [-0.1, -0.05) is 55.0 Å². The highest BCUT2D eigenvalue weighted by atomic mass is 32.2. The van der Waals surface area contributed by atoms with Crippen LogP contribution in [0.15, 0.2) is 83.8 Å². The molecule has 0 spiro atoms. The van der Waals surface area contributed by atoms with E-state index < -0.39 is 15.9 Å². The molecule has 168 valence electrons. The van der Waals surface area contributed by atoms with Gasteiger partial charge < -0.3 is 10.1 Å². The number of nitrogens with zero attached hydrogens (tertiary/aromatic N) is 1. The minimum absolute atomic E-state index is 0.134. The molecule has 0 saturated heterocycles. The van der Waals surface area contributed by atoms with Crippen molar-refractivity contribution in [2.24, 2.45) is 0 Å². The van der Waals surface area contributed by atoms with Gasteiger partial charge in [-0.05, 0) is 55.3 Å². The lowest BCUT2D eigenvalue weighted by Crippen LogP contribution is -2.41. The molecule has 0 unspecified atom stereocenters. The number of sulfonamides is 1. The van der Waals surface area contributed by atoms with Crippen molar-refractivity contribution in [3.05, 3.63) is 90.0 Å². The third kappa shape index (κ3) is 6.11. The Bertz CT molecular complexity index is 1110. The van der Waals surface area contributed by atoms with E-state index in [-0.39, 0.29) is 24.6 Å². The van der Waals surface area contributed by atoms with Gasteiger partial charge in [0.2, 0.25) is 5.91 Å². The van der Waals surface area contributed by atoms with Crippen molar-refractivity contribution >= 4 is 21.6 Å². The molecule has 0 aliphatic carbocycles. The molecule has 0 saturated carbocycles. The Kier molecular flexibility index (Phi) is 7.89. The molecule has 0 aliphatic heterocycles. The first-order valence-corrected chi connectivity index (χ1v) is 12.0. The molecule has 3 rings (SSSR count). The van der Waals surface area contributed by atoms with Gasteiger partial charge in [-0.15, -0.1) is 0 Å². The van der Waals surface area contributed by atoms with E-state index in [1.807, 2.05) is 50.2 Å². The van der Waals surface area contributed by atoms with Gasteiger partial charge in [-0.25, -0.2) is 8.42 Å². The Hall–Kier alpha value is -3.32. The molecule has 0 atom stereocenters. The van der Waals surface area contributed by atoms with Gasteiger partial charge in [0.15, 0.2) is 0 Å². The number of benzene rings is 3. The standard InChI is InChI=1S/C25H28N2O4S/c1-3-21-11-13-22(14-12-21)27(32(29,30)24-7-5-4-6-8-24)19-25(28)26-17-18-31-23-15-9-20(2)10-16-23/h4-16H,3,17-19H2,1-2H3,(H,26,28). The highest BCUT2D eigenvalue weighted by Gasteiger charge is 2.27. The Morgan fingerprint density at radius 1 is 0.938 bits per heavy atom. The minimum atomic E-state index is -3.91. The molecule has 32 heavy (non-hydrogen) atoms. The van der Waals surface area contributed by atoms with Crippen molar-refractivity contribution in [1.29, 1.82) is 0 Å². The van der Waals surface area contributed by atoms with Crippen molar-refractivity contribution in [3.8, 4) is 5.75 Å². The number of anilines is 1. The van der Waals surface area contributed by atoms with Gasteiger partial charge in [0.1, 0.15) is 18.9 Å². The zero-order valence-corrected chi connectivity index (χ0v) is 19.1. The summed E-state index contributed by atoms with van der Waals surface area (Å²) in [6.07, 6.45) is 0.840. The average Bonchev–Trinajstić information content (AvgIpc) is 2.82. The summed E-state index contributed by atoms with van der Waals surface area (Å²) in [6, 6.07) is 22.9. The molecule has 0 fully saturated rings. The second kappa shape index (κ2) is 10.8. The van der Waals surface area contributed by atoms with Crippen LogP contribution in [-0.2, 0) is 21.2 Å². The number of nitrogens with one attached hydrogen (secondary N) is 1. The number of amides is 1. The second-order valence-corrected chi connectivity index (χ2v) is 9.22. The van der Waals surface area contributed by atoms with Gasteiger partial charge in [-0.3, -0.25) is 9.10 Å². The van der Waals surface area contributed by atoms with E-state index in [1.165, 1.54) is 12.1 Å². The largest absolute Gasteiger partial charge is 0.492 e. The van der Waals surface area contributed by atoms with Gasteiger partial charge in [-0.2, -0.15) is 0 Å². The van der Waals surface area contributed by atoms with Crippen molar-refractivity contribution in [2.45, 2.75) is 25.2 Å². The fraction of sp³-hybridized carbons (Fsp3) is 0.240. The second-order valence-electron chi connectivity index (χ2n) is 7.36. The minimum Gasteiger partial charge on any atom is -0.492 e. The average molecular weight is 453 g/mol. The van der Waals surface area contributed by atoms with Crippen LogP contribution in [0.4, 0.5) is 5.69 Å². The number of ether oxygens (including phenoxy) is 1. The van der Waals surface area contributed by atoms with Crippen LogP contribution < -0.4 is 14.4 Å². The summed E-state index contributed by atoms with van der Waals surface area (Å²) >= 11 is 0. The molecule has 3 aromatic rings. The molecule has 1 N–H and O–H groups in total. The Morgan fingerprint density at radius 2 is 1.59 bits per heavy atom. The van der Waals surface area contributed by atoms with E-state index in [0.717, 1.165) is 21.9 Å². The predicted octanol–water partition coefficient (Wildman–Crippen LogP) is 3.95. The van der Waals surface area contributed by atoms with Crippen LogP contribution in [0.25, 0.3) is 0 Å². The third-order valence-corrected chi connectivity index (χ3v) is 6.75. The highest BCUT2D eigenvalue weighted by molar-refractivity contribution is 7.92. The number of carbonyl (C=O) groups excluding carboxylic acids is 1. The summed E-state index contributed by atoms with van der Waals surface area (Å²) in [5.74, 6) is 0.311. The predicted molar refractivity (Wildman–Crippen MR) is 126 cm³/mol. The Morgan fingerprint density at radius 3 is 2.22 bits per heavy atom. The van der Waals surface area contributed by atoms with E-state index >= 15 is 0 Å². The van der Waals surface area contributed by atoms with Crippen LogP contribution >= 0.6 is 0 Å². The molecule has 0 aliphatic rings. The van der Waals surface area contributed by atoms with Crippen molar-refractivity contribution < 1.29 is 17.9 Å². The Balaban J connectivity index is 1.69. The molecular weight excluding hydrogens is 424 g/mol.